The molecule has 0 unspecified atom stereocenters. The van der Waals surface area contributed by atoms with Crippen LogP contribution in [0.2, 0.25) is 0 Å². The molecule has 6 nitrogen and oxygen atoms in total. The molecule has 0 saturated carbocycles. The van der Waals surface area contributed by atoms with E-state index in [1.54, 1.807) is 25.3 Å². The van der Waals surface area contributed by atoms with Crippen molar-refractivity contribution >= 4 is 34.8 Å². The lowest BCUT2D eigenvalue weighted by atomic mass is 10.2. The van der Waals surface area contributed by atoms with Gasteiger partial charge in [-0.2, -0.15) is 4.99 Å². The first kappa shape index (κ1) is 18.7. The van der Waals surface area contributed by atoms with Crippen LogP contribution in [0.4, 0.5) is 0 Å². The monoisotopic (exact) mass is 382 g/mol. The van der Waals surface area contributed by atoms with E-state index in [1.807, 2.05) is 36.4 Å². The minimum atomic E-state index is -0.382. The van der Waals surface area contributed by atoms with E-state index in [-0.39, 0.29) is 17.0 Å². The summed E-state index contributed by atoms with van der Waals surface area (Å²) in [5.41, 5.74) is 1.83. The molecule has 1 aliphatic rings. The van der Waals surface area contributed by atoms with Gasteiger partial charge in [-0.25, -0.2) is 0 Å². The molecule has 0 radical (unpaired) electrons. The van der Waals surface area contributed by atoms with E-state index in [0.717, 1.165) is 22.9 Å². The number of benzene rings is 2. The summed E-state index contributed by atoms with van der Waals surface area (Å²) in [7, 11) is 1.56. The van der Waals surface area contributed by atoms with Gasteiger partial charge in [-0.3, -0.25) is 9.59 Å². The molecule has 27 heavy (non-hydrogen) atoms. The normalized spacial score (nSPS) is 14.8. The summed E-state index contributed by atoms with van der Waals surface area (Å²) in [6, 6.07) is 15.3. The number of carbonyl (C=O) groups is 2. The van der Waals surface area contributed by atoms with Crippen molar-refractivity contribution in [1.29, 1.82) is 0 Å². The maximum Gasteiger partial charge on any atom is 0.286 e. The molecule has 2 aromatic rings. The predicted octanol–water partition coefficient (Wildman–Crippen LogP) is 3.38. The summed E-state index contributed by atoms with van der Waals surface area (Å²) in [5, 5.41) is 2.81. The summed E-state index contributed by atoms with van der Waals surface area (Å²) >= 11 is 1.12. The lowest BCUT2D eigenvalue weighted by molar-refractivity contribution is -0.117. The van der Waals surface area contributed by atoms with Crippen molar-refractivity contribution in [3.05, 3.63) is 64.6 Å². The molecule has 3 rings (SSSR count). The number of amides is 2. The number of rotatable bonds is 5. The highest BCUT2D eigenvalue weighted by atomic mass is 32.2. The van der Waals surface area contributed by atoms with Gasteiger partial charge in [0.05, 0.1) is 12.0 Å². The van der Waals surface area contributed by atoms with Gasteiger partial charge in [0.15, 0.2) is 16.7 Å². The molecule has 1 aliphatic heterocycles. The van der Waals surface area contributed by atoms with Crippen LogP contribution in [0.1, 0.15) is 18.1 Å². The standard InChI is InChI=1S/C20H18N2O4S/c1-13(23)21-20-22-19(24)18(27-20)11-15-8-9-16(17(10-15)25-2)26-12-14-6-4-3-5-7-14/h3-11H,12H2,1-2H3,(H,21,22,23,24)/b18-11-. The fourth-order valence-corrected chi connectivity index (χ4v) is 3.25. The maximum absolute atomic E-state index is 12.0. The Kier molecular flexibility index (Phi) is 5.93. The summed E-state index contributed by atoms with van der Waals surface area (Å²) in [6.45, 7) is 1.80. The molecule has 1 heterocycles. The Labute approximate surface area is 161 Å². The van der Waals surface area contributed by atoms with Crippen LogP contribution >= 0.6 is 11.8 Å². The second kappa shape index (κ2) is 8.55. The fraction of sp³-hybridized carbons (Fsp3) is 0.150. The van der Waals surface area contributed by atoms with Crippen molar-refractivity contribution in [2.75, 3.05) is 7.11 Å². The molecule has 0 bridgehead atoms. The SMILES string of the molecule is COc1cc(/C=C2\SC(NC(C)=O)=NC2=O)ccc1OCc1ccccc1. The average molecular weight is 382 g/mol. The molecule has 0 saturated heterocycles. The first-order chi connectivity index (χ1) is 13.0. The molecule has 138 valence electrons. The van der Waals surface area contributed by atoms with Crippen LogP contribution in [0.15, 0.2) is 58.4 Å². The Bertz CT molecular complexity index is 923. The van der Waals surface area contributed by atoms with E-state index in [9.17, 15) is 9.59 Å². The van der Waals surface area contributed by atoms with Crippen LogP contribution in [-0.4, -0.2) is 24.1 Å². The third kappa shape index (κ3) is 4.98. The molecule has 0 fully saturated rings. The number of thioether (sulfide) groups is 1. The van der Waals surface area contributed by atoms with Crippen LogP contribution in [0.25, 0.3) is 6.08 Å². The Morgan fingerprint density at radius 2 is 1.96 bits per heavy atom. The van der Waals surface area contributed by atoms with Crippen LogP contribution in [0.3, 0.4) is 0 Å². The molecule has 0 aromatic heterocycles. The van der Waals surface area contributed by atoms with Gasteiger partial charge in [0.2, 0.25) is 5.91 Å². The maximum atomic E-state index is 12.0. The van der Waals surface area contributed by atoms with Gasteiger partial charge in [0, 0.05) is 6.92 Å². The Morgan fingerprint density at radius 1 is 1.19 bits per heavy atom. The number of aliphatic imine (C=N–C) groups is 1. The number of nitrogens with zero attached hydrogens (tertiary/aromatic N) is 1. The summed E-state index contributed by atoms with van der Waals surface area (Å²) in [5.74, 6) is 0.534. The zero-order valence-corrected chi connectivity index (χ0v) is 15.7. The van der Waals surface area contributed by atoms with Crippen LogP contribution < -0.4 is 14.8 Å². The summed E-state index contributed by atoms with van der Waals surface area (Å²) in [4.78, 5) is 27.3. The van der Waals surface area contributed by atoms with Crippen molar-refractivity contribution in [1.82, 2.24) is 5.32 Å². The van der Waals surface area contributed by atoms with Gasteiger partial charge < -0.3 is 14.8 Å². The second-order valence-electron chi connectivity index (χ2n) is 5.70. The number of hydrogen-bond acceptors (Lipinski definition) is 5. The molecule has 7 heteroatoms. The van der Waals surface area contributed by atoms with Crippen molar-refractivity contribution in [2.24, 2.45) is 4.99 Å². The quantitative estimate of drug-likeness (QED) is 0.802. The number of amidine groups is 1. The van der Waals surface area contributed by atoms with E-state index in [4.69, 9.17) is 9.47 Å². The van der Waals surface area contributed by atoms with Gasteiger partial charge >= 0.3 is 0 Å². The van der Waals surface area contributed by atoms with Crippen molar-refractivity contribution < 1.29 is 19.1 Å². The summed E-state index contributed by atoms with van der Waals surface area (Å²) in [6.07, 6.45) is 1.70. The average Bonchev–Trinajstić information content (AvgIpc) is 2.99. The molecule has 0 aliphatic carbocycles. The van der Waals surface area contributed by atoms with Crippen molar-refractivity contribution in [3.63, 3.8) is 0 Å². The van der Waals surface area contributed by atoms with E-state index in [1.165, 1.54) is 6.92 Å². The molecule has 0 atom stereocenters. The minimum absolute atomic E-state index is 0.267. The lowest BCUT2D eigenvalue weighted by Crippen LogP contribution is -2.23. The predicted molar refractivity (Wildman–Crippen MR) is 106 cm³/mol. The molecule has 2 amide bonds. The van der Waals surface area contributed by atoms with Crippen LogP contribution in [0.5, 0.6) is 11.5 Å². The third-order valence-corrected chi connectivity index (χ3v) is 4.53. The van der Waals surface area contributed by atoms with Gasteiger partial charge in [0.1, 0.15) is 6.61 Å². The summed E-state index contributed by atoms with van der Waals surface area (Å²) < 4.78 is 11.2. The van der Waals surface area contributed by atoms with Gasteiger partial charge in [0.25, 0.3) is 5.91 Å². The van der Waals surface area contributed by atoms with Crippen molar-refractivity contribution in [2.45, 2.75) is 13.5 Å². The highest BCUT2D eigenvalue weighted by Gasteiger charge is 2.22. The molecule has 1 N–H and O–H groups in total. The minimum Gasteiger partial charge on any atom is -0.493 e. The zero-order valence-electron chi connectivity index (χ0n) is 14.9. The highest BCUT2D eigenvalue weighted by Crippen LogP contribution is 2.32. The fourth-order valence-electron chi connectivity index (χ4n) is 2.39. The highest BCUT2D eigenvalue weighted by molar-refractivity contribution is 8.18. The number of methoxy groups -OCH3 is 1. The molecular formula is C20H18N2O4S. The van der Waals surface area contributed by atoms with Crippen molar-refractivity contribution in [3.8, 4) is 11.5 Å². The van der Waals surface area contributed by atoms with E-state index in [2.05, 4.69) is 10.3 Å². The van der Waals surface area contributed by atoms with Gasteiger partial charge in [-0.15, -0.1) is 0 Å². The first-order valence-electron chi connectivity index (χ1n) is 8.20. The smallest absolute Gasteiger partial charge is 0.286 e. The molecular weight excluding hydrogens is 364 g/mol. The topological polar surface area (TPSA) is 77.0 Å². The Balaban J connectivity index is 1.72. The molecule has 0 spiro atoms. The molecule has 2 aromatic carbocycles. The number of ether oxygens (including phenoxy) is 2. The van der Waals surface area contributed by atoms with E-state index < -0.39 is 0 Å². The second-order valence-corrected chi connectivity index (χ2v) is 6.73. The largest absolute Gasteiger partial charge is 0.493 e. The zero-order chi connectivity index (χ0) is 19.2. The van der Waals surface area contributed by atoms with Gasteiger partial charge in [-0.1, -0.05) is 36.4 Å². The lowest BCUT2D eigenvalue weighted by Gasteiger charge is -2.11. The number of nitrogens with one attached hydrogen (secondary N) is 1. The Morgan fingerprint density at radius 3 is 2.67 bits per heavy atom. The number of carbonyl (C=O) groups excluding carboxylic acids is 2. The first-order valence-corrected chi connectivity index (χ1v) is 9.01. The van der Waals surface area contributed by atoms with E-state index in [0.29, 0.717) is 23.0 Å². The number of hydrogen-bond donors (Lipinski definition) is 1. The van der Waals surface area contributed by atoms with E-state index >= 15 is 0 Å². The Hall–Kier alpha value is -3.06. The van der Waals surface area contributed by atoms with Gasteiger partial charge in [-0.05, 0) is 41.1 Å². The van der Waals surface area contributed by atoms with Crippen LogP contribution in [-0.2, 0) is 16.2 Å². The third-order valence-electron chi connectivity index (χ3n) is 3.63. The van der Waals surface area contributed by atoms with Crippen LogP contribution in [0, 0.1) is 0 Å².